The van der Waals surface area contributed by atoms with E-state index < -0.39 is 8.32 Å². The fourth-order valence-electron chi connectivity index (χ4n) is 2.61. The lowest BCUT2D eigenvalue weighted by atomic mass is 10.1. The molecule has 0 unspecified atom stereocenters. The number of ether oxygens (including phenoxy) is 3. The molecule has 0 aliphatic heterocycles. The molecule has 6 heteroatoms. The third-order valence-electron chi connectivity index (χ3n) is 5.33. The van der Waals surface area contributed by atoms with Crippen molar-refractivity contribution in [1.82, 2.24) is 0 Å². The average Bonchev–Trinajstić information content (AvgIpc) is 2.65. The lowest BCUT2D eigenvalue weighted by Crippen LogP contribution is -2.51. The van der Waals surface area contributed by atoms with E-state index in [2.05, 4.69) is 61.9 Å². The van der Waals surface area contributed by atoms with E-state index >= 15 is 0 Å². The summed E-state index contributed by atoms with van der Waals surface area (Å²) in [4.78, 5) is 0. The van der Waals surface area contributed by atoms with E-state index in [-0.39, 0.29) is 23.4 Å². The molecule has 0 radical (unpaired) electrons. The van der Waals surface area contributed by atoms with Crippen LogP contribution < -0.4 is 0 Å². The third-order valence-corrected chi connectivity index (χ3v) is 10.5. The minimum atomic E-state index is -1.97. The molecule has 3 atom stereocenters. The van der Waals surface area contributed by atoms with Gasteiger partial charge in [-0.25, -0.2) is 0 Å². The van der Waals surface area contributed by atoms with Crippen LogP contribution >= 0.6 is 15.9 Å². The van der Waals surface area contributed by atoms with Gasteiger partial charge in [0.2, 0.25) is 0 Å². The molecule has 0 spiro atoms. The summed E-state index contributed by atoms with van der Waals surface area (Å²) in [5.74, 6) is 0. The predicted octanol–water partition coefficient (Wildman–Crippen LogP) is 5.92. The maximum atomic E-state index is 6.72. The van der Waals surface area contributed by atoms with E-state index in [9.17, 15) is 0 Å². The first-order valence-electron chi connectivity index (χ1n) is 9.76. The highest BCUT2D eigenvalue weighted by atomic mass is 79.9. The topological polar surface area (TPSA) is 36.9 Å². The van der Waals surface area contributed by atoms with Crippen molar-refractivity contribution < 1.29 is 18.6 Å². The maximum absolute atomic E-state index is 6.72. The molecule has 4 nitrogen and oxygen atoms in total. The van der Waals surface area contributed by atoms with Gasteiger partial charge in [-0.2, -0.15) is 0 Å². The summed E-state index contributed by atoms with van der Waals surface area (Å²) < 4.78 is 24.0. The van der Waals surface area contributed by atoms with Crippen LogP contribution in [0.1, 0.15) is 32.8 Å². The van der Waals surface area contributed by atoms with Gasteiger partial charge in [0.25, 0.3) is 0 Å². The smallest absolute Gasteiger partial charge is 0.192 e. The molecule has 0 aromatic heterocycles. The Morgan fingerprint density at radius 1 is 1.07 bits per heavy atom. The van der Waals surface area contributed by atoms with Crippen molar-refractivity contribution in [3.8, 4) is 0 Å². The summed E-state index contributed by atoms with van der Waals surface area (Å²) in [5.41, 5.74) is 1.13. The largest absolute Gasteiger partial charge is 0.505 e. The summed E-state index contributed by atoms with van der Waals surface area (Å²) in [7, 11) is 1.40. The Bertz CT molecular complexity index is 572. The zero-order valence-electron chi connectivity index (χ0n) is 18.4. The maximum Gasteiger partial charge on any atom is 0.192 e. The van der Waals surface area contributed by atoms with E-state index in [1.165, 1.54) is 0 Å². The Kier molecular flexibility index (Phi) is 11.0. The Labute approximate surface area is 180 Å². The lowest BCUT2D eigenvalue weighted by Gasteiger charge is -2.42. The molecular weight excluding hydrogens is 436 g/mol. The molecule has 1 rings (SSSR count). The Morgan fingerprint density at radius 2 is 1.71 bits per heavy atom. The van der Waals surface area contributed by atoms with Crippen LogP contribution in [0.5, 0.6) is 0 Å². The first kappa shape index (κ1) is 25.4. The standard InChI is InChI=1S/C22H37BrO4Si/c1-22(2,3)28(6,7)27-20(16-23)21(19(25-5)14-11-15-24-4)26-17-18-12-9-8-10-13-18/h8-13,15,19-21H,14,16-17H2,1-7H3/b15-11+/t19-,20-,21+/m1/s1. The normalized spacial score (nSPS) is 16.1. The summed E-state index contributed by atoms with van der Waals surface area (Å²) in [6, 6.07) is 10.2. The fourth-order valence-corrected chi connectivity index (χ4v) is 4.69. The molecule has 160 valence electrons. The summed E-state index contributed by atoms with van der Waals surface area (Å²) >= 11 is 3.66. The molecule has 28 heavy (non-hydrogen) atoms. The highest BCUT2D eigenvalue weighted by Crippen LogP contribution is 2.38. The minimum Gasteiger partial charge on any atom is -0.505 e. The van der Waals surface area contributed by atoms with Crippen LogP contribution in [-0.4, -0.2) is 46.2 Å². The molecule has 0 saturated carbocycles. The molecule has 0 N–H and O–H groups in total. The number of benzene rings is 1. The van der Waals surface area contributed by atoms with Gasteiger partial charge >= 0.3 is 0 Å². The molecule has 1 aromatic carbocycles. The van der Waals surface area contributed by atoms with Gasteiger partial charge in [-0.05, 0) is 36.2 Å². The molecule has 0 heterocycles. The Balaban J connectivity index is 3.04. The molecule has 0 fully saturated rings. The fraction of sp³-hybridized carbons (Fsp3) is 0.636. The van der Waals surface area contributed by atoms with E-state index in [1.54, 1.807) is 20.5 Å². The highest BCUT2D eigenvalue weighted by Gasteiger charge is 2.42. The molecule has 1 aromatic rings. The van der Waals surface area contributed by atoms with Crippen LogP contribution in [0.15, 0.2) is 42.7 Å². The lowest BCUT2D eigenvalue weighted by molar-refractivity contribution is -0.106. The Hall–Kier alpha value is -0.663. The number of hydrogen-bond acceptors (Lipinski definition) is 4. The van der Waals surface area contributed by atoms with Crippen molar-refractivity contribution >= 4 is 24.2 Å². The number of methoxy groups -OCH3 is 2. The first-order chi connectivity index (χ1) is 13.2. The van der Waals surface area contributed by atoms with Gasteiger partial charge in [0.15, 0.2) is 8.32 Å². The highest BCUT2D eigenvalue weighted by molar-refractivity contribution is 9.09. The Morgan fingerprint density at radius 3 is 2.21 bits per heavy atom. The van der Waals surface area contributed by atoms with Gasteiger partial charge in [-0.3, -0.25) is 0 Å². The van der Waals surface area contributed by atoms with Gasteiger partial charge in [-0.15, -0.1) is 0 Å². The number of halogens is 1. The second-order valence-corrected chi connectivity index (χ2v) is 13.9. The SMILES string of the molecule is CO/C=C/C[C@@H](OC)[C@H](OCc1ccccc1)[C@@H](CBr)O[Si](C)(C)C(C)(C)C. The number of alkyl halides is 1. The second-order valence-electron chi connectivity index (χ2n) is 8.45. The van der Waals surface area contributed by atoms with E-state index in [0.29, 0.717) is 18.4 Å². The summed E-state index contributed by atoms with van der Waals surface area (Å²) in [5, 5.41) is 0.808. The molecular formula is C22H37BrO4Si. The average molecular weight is 474 g/mol. The molecule has 0 aliphatic rings. The zero-order chi connectivity index (χ0) is 21.2. The van der Waals surface area contributed by atoms with Gasteiger partial charge in [0.05, 0.1) is 32.2 Å². The number of hydrogen-bond donors (Lipinski definition) is 0. The molecule has 0 bridgehead atoms. The number of rotatable bonds is 12. The van der Waals surface area contributed by atoms with Crippen molar-refractivity contribution in [3.05, 3.63) is 48.2 Å². The van der Waals surface area contributed by atoms with E-state index in [4.69, 9.17) is 18.6 Å². The van der Waals surface area contributed by atoms with Gasteiger partial charge in [-0.1, -0.05) is 67.0 Å². The monoisotopic (exact) mass is 472 g/mol. The van der Waals surface area contributed by atoms with E-state index in [1.807, 2.05) is 24.3 Å². The van der Waals surface area contributed by atoms with Crippen LogP contribution in [-0.2, 0) is 25.2 Å². The summed E-state index contributed by atoms with van der Waals surface area (Å²) in [6.45, 7) is 11.8. The van der Waals surface area contributed by atoms with Crippen molar-refractivity contribution in [2.45, 2.75) is 70.2 Å². The third kappa shape index (κ3) is 7.99. The molecule has 0 saturated heterocycles. The van der Waals surface area contributed by atoms with Crippen LogP contribution in [0, 0.1) is 0 Å². The van der Waals surface area contributed by atoms with Crippen molar-refractivity contribution in [2.24, 2.45) is 0 Å². The van der Waals surface area contributed by atoms with Gasteiger partial charge in [0, 0.05) is 12.4 Å². The van der Waals surface area contributed by atoms with Crippen LogP contribution in [0.25, 0.3) is 0 Å². The molecule has 0 amide bonds. The van der Waals surface area contributed by atoms with Gasteiger partial charge < -0.3 is 18.6 Å². The zero-order valence-corrected chi connectivity index (χ0v) is 21.0. The first-order valence-corrected chi connectivity index (χ1v) is 13.8. The van der Waals surface area contributed by atoms with Crippen molar-refractivity contribution in [3.63, 3.8) is 0 Å². The molecule has 0 aliphatic carbocycles. The van der Waals surface area contributed by atoms with Crippen LogP contribution in [0.4, 0.5) is 0 Å². The predicted molar refractivity (Wildman–Crippen MR) is 122 cm³/mol. The van der Waals surface area contributed by atoms with Gasteiger partial charge in [0.1, 0.15) is 6.10 Å². The van der Waals surface area contributed by atoms with E-state index in [0.717, 1.165) is 5.56 Å². The van der Waals surface area contributed by atoms with Crippen molar-refractivity contribution in [1.29, 1.82) is 0 Å². The quantitative estimate of drug-likeness (QED) is 0.214. The second kappa shape index (κ2) is 12.1. The minimum absolute atomic E-state index is 0.106. The van der Waals surface area contributed by atoms with Crippen LogP contribution in [0.3, 0.4) is 0 Å². The summed E-state index contributed by atoms with van der Waals surface area (Å²) in [6.07, 6.45) is 3.88. The van der Waals surface area contributed by atoms with Crippen molar-refractivity contribution in [2.75, 3.05) is 19.5 Å². The van der Waals surface area contributed by atoms with Crippen LogP contribution in [0.2, 0.25) is 18.1 Å².